The third kappa shape index (κ3) is 5.08. The van der Waals surface area contributed by atoms with Crippen molar-refractivity contribution in [3.63, 3.8) is 0 Å². The summed E-state index contributed by atoms with van der Waals surface area (Å²) in [5, 5.41) is 13.4. The van der Waals surface area contributed by atoms with Gasteiger partial charge in [-0.2, -0.15) is 0 Å². The highest BCUT2D eigenvalue weighted by Crippen LogP contribution is 2.26. The topological polar surface area (TPSA) is 67.8 Å². The van der Waals surface area contributed by atoms with Gasteiger partial charge in [-0.25, -0.2) is 0 Å². The normalized spacial score (nSPS) is 11.8. The molecule has 2 rings (SSSR count). The molecule has 5 heteroatoms. The lowest BCUT2D eigenvalue weighted by Gasteiger charge is -2.14. The standard InChI is InChI=1S/C19H23NO4/c1-23-16-10-15(11-17(12-16)24-2)19(22)13-20-9-8-18(21)14-6-4-3-5-7-14/h3-7,10-12,19-20,22H,8-9,13H2,1-2H3. The molecule has 5 nitrogen and oxygen atoms in total. The molecule has 0 aromatic heterocycles. The van der Waals surface area contributed by atoms with Gasteiger partial charge in [0, 0.05) is 31.1 Å². The number of Topliss-reactive ketones (excluding diaryl/α,β-unsaturated/α-hetero) is 1. The minimum atomic E-state index is -0.708. The molecule has 0 aliphatic heterocycles. The Morgan fingerprint density at radius 3 is 2.29 bits per heavy atom. The fraction of sp³-hybridized carbons (Fsp3) is 0.316. The average Bonchev–Trinajstić information content (AvgIpc) is 2.64. The number of nitrogens with one attached hydrogen (secondary N) is 1. The third-order valence-corrected chi connectivity index (χ3v) is 3.72. The van der Waals surface area contributed by atoms with Crippen LogP contribution in [0.4, 0.5) is 0 Å². The SMILES string of the molecule is COc1cc(OC)cc(C(O)CNCCC(=O)c2ccccc2)c1. The van der Waals surface area contributed by atoms with Crippen LogP contribution in [-0.2, 0) is 0 Å². The van der Waals surface area contributed by atoms with E-state index in [1.165, 1.54) is 0 Å². The molecule has 0 heterocycles. The van der Waals surface area contributed by atoms with Gasteiger partial charge in [-0.05, 0) is 17.7 Å². The molecule has 0 bridgehead atoms. The molecule has 24 heavy (non-hydrogen) atoms. The molecular weight excluding hydrogens is 306 g/mol. The first-order valence-electron chi connectivity index (χ1n) is 7.84. The van der Waals surface area contributed by atoms with E-state index >= 15 is 0 Å². The van der Waals surface area contributed by atoms with Crippen molar-refractivity contribution in [2.45, 2.75) is 12.5 Å². The van der Waals surface area contributed by atoms with Crippen LogP contribution in [0, 0.1) is 0 Å². The molecule has 0 saturated heterocycles. The van der Waals surface area contributed by atoms with Crippen molar-refractivity contribution in [3.05, 3.63) is 59.7 Å². The molecule has 128 valence electrons. The Bertz CT molecular complexity index is 635. The highest BCUT2D eigenvalue weighted by Gasteiger charge is 2.11. The van der Waals surface area contributed by atoms with Gasteiger partial charge < -0.3 is 19.9 Å². The van der Waals surface area contributed by atoms with Crippen molar-refractivity contribution in [2.24, 2.45) is 0 Å². The van der Waals surface area contributed by atoms with Gasteiger partial charge in [0.05, 0.1) is 20.3 Å². The van der Waals surface area contributed by atoms with E-state index in [-0.39, 0.29) is 5.78 Å². The van der Waals surface area contributed by atoms with Gasteiger partial charge >= 0.3 is 0 Å². The van der Waals surface area contributed by atoms with Crippen molar-refractivity contribution in [1.29, 1.82) is 0 Å². The van der Waals surface area contributed by atoms with E-state index < -0.39 is 6.10 Å². The maximum absolute atomic E-state index is 12.0. The van der Waals surface area contributed by atoms with Gasteiger partial charge in [0.25, 0.3) is 0 Å². The minimum absolute atomic E-state index is 0.0839. The highest BCUT2D eigenvalue weighted by atomic mass is 16.5. The molecule has 0 aliphatic rings. The van der Waals surface area contributed by atoms with Crippen LogP contribution in [-0.4, -0.2) is 38.2 Å². The van der Waals surface area contributed by atoms with E-state index in [0.717, 1.165) is 0 Å². The number of ether oxygens (including phenoxy) is 2. The monoisotopic (exact) mass is 329 g/mol. The van der Waals surface area contributed by atoms with Gasteiger partial charge in [0.2, 0.25) is 0 Å². The second-order valence-electron chi connectivity index (χ2n) is 5.41. The lowest BCUT2D eigenvalue weighted by atomic mass is 10.1. The van der Waals surface area contributed by atoms with Gasteiger partial charge in [0.15, 0.2) is 5.78 Å². The zero-order valence-electron chi connectivity index (χ0n) is 14.0. The number of hydrogen-bond donors (Lipinski definition) is 2. The van der Waals surface area contributed by atoms with Crippen molar-refractivity contribution < 1.29 is 19.4 Å². The second-order valence-corrected chi connectivity index (χ2v) is 5.41. The van der Waals surface area contributed by atoms with Crippen LogP contribution in [0.15, 0.2) is 48.5 Å². The minimum Gasteiger partial charge on any atom is -0.497 e. The van der Waals surface area contributed by atoms with Crippen LogP contribution in [0.1, 0.15) is 28.4 Å². The lowest BCUT2D eigenvalue weighted by molar-refractivity contribution is 0.0979. The fourth-order valence-electron chi connectivity index (χ4n) is 2.35. The Balaban J connectivity index is 1.83. The summed E-state index contributed by atoms with van der Waals surface area (Å²) in [6.45, 7) is 0.851. The summed E-state index contributed by atoms with van der Waals surface area (Å²) >= 11 is 0. The summed E-state index contributed by atoms with van der Waals surface area (Å²) < 4.78 is 10.4. The van der Waals surface area contributed by atoms with Crippen molar-refractivity contribution in [3.8, 4) is 11.5 Å². The van der Waals surface area contributed by atoms with E-state index in [1.807, 2.05) is 18.2 Å². The first kappa shape index (κ1) is 18.0. The number of carbonyl (C=O) groups excluding carboxylic acids is 1. The number of carbonyl (C=O) groups is 1. The average molecular weight is 329 g/mol. The van der Waals surface area contributed by atoms with Crippen molar-refractivity contribution in [2.75, 3.05) is 27.3 Å². The van der Waals surface area contributed by atoms with Crippen LogP contribution < -0.4 is 14.8 Å². The van der Waals surface area contributed by atoms with E-state index in [1.54, 1.807) is 44.6 Å². The largest absolute Gasteiger partial charge is 0.497 e. The Hall–Kier alpha value is -2.37. The molecule has 2 aromatic carbocycles. The van der Waals surface area contributed by atoms with Gasteiger partial charge in [0.1, 0.15) is 11.5 Å². The van der Waals surface area contributed by atoms with Crippen LogP contribution >= 0.6 is 0 Å². The molecule has 1 unspecified atom stereocenters. The second kappa shape index (κ2) is 9.05. The summed E-state index contributed by atoms with van der Waals surface area (Å²) in [6.07, 6.45) is -0.320. The molecule has 0 fully saturated rings. The Morgan fingerprint density at radius 2 is 1.71 bits per heavy atom. The van der Waals surface area contributed by atoms with Crippen molar-refractivity contribution >= 4 is 5.78 Å². The predicted octanol–water partition coefficient (Wildman–Crippen LogP) is 2.60. The number of rotatable bonds is 9. The number of methoxy groups -OCH3 is 2. The summed E-state index contributed by atoms with van der Waals surface area (Å²) in [7, 11) is 3.14. The van der Waals surface area contributed by atoms with E-state index in [2.05, 4.69) is 5.32 Å². The lowest BCUT2D eigenvalue weighted by Crippen LogP contribution is -2.24. The number of ketones is 1. The molecule has 1 atom stereocenters. The third-order valence-electron chi connectivity index (χ3n) is 3.72. The predicted molar refractivity (Wildman–Crippen MR) is 92.8 cm³/mol. The summed E-state index contributed by atoms with van der Waals surface area (Å²) in [6, 6.07) is 14.5. The number of aliphatic hydroxyl groups is 1. The summed E-state index contributed by atoms with van der Waals surface area (Å²) in [5.41, 5.74) is 1.41. The van der Waals surface area contributed by atoms with Crippen molar-refractivity contribution in [1.82, 2.24) is 5.32 Å². The molecular formula is C19H23NO4. The van der Waals surface area contributed by atoms with Crippen LogP contribution in [0.25, 0.3) is 0 Å². The maximum atomic E-state index is 12.0. The maximum Gasteiger partial charge on any atom is 0.164 e. The number of benzene rings is 2. The Kier molecular flexibility index (Phi) is 6.78. The van der Waals surface area contributed by atoms with Crippen LogP contribution in [0.3, 0.4) is 0 Å². The number of hydrogen-bond acceptors (Lipinski definition) is 5. The van der Waals surface area contributed by atoms with Gasteiger partial charge in [-0.3, -0.25) is 4.79 Å². The van der Waals surface area contributed by atoms with E-state index in [4.69, 9.17) is 9.47 Å². The molecule has 0 saturated carbocycles. The van der Waals surface area contributed by atoms with E-state index in [0.29, 0.717) is 42.1 Å². The summed E-state index contributed by atoms with van der Waals surface area (Å²) in [5.74, 6) is 1.34. The Morgan fingerprint density at radius 1 is 1.08 bits per heavy atom. The first-order valence-corrected chi connectivity index (χ1v) is 7.84. The smallest absolute Gasteiger partial charge is 0.164 e. The van der Waals surface area contributed by atoms with Gasteiger partial charge in [-0.1, -0.05) is 30.3 Å². The molecule has 0 radical (unpaired) electrons. The molecule has 0 spiro atoms. The molecule has 0 aliphatic carbocycles. The molecule has 0 amide bonds. The van der Waals surface area contributed by atoms with Crippen LogP contribution in [0.2, 0.25) is 0 Å². The highest BCUT2D eigenvalue weighted by molar-refractivity contribution is 5.96. The zero-order valence-corrected chi connectivity index (χ0v) is 14.0. The number of aliphatic hydroxyl groups excluding tert-OH is 1. The zero-order chi connectivity index (χ0) is 17.4. The van der Waals surface area contributed by atoms with E-state index in [9.17, 15) is 9.90 Å². The Labute approximate surface area is 142 Å². The quantitative estimate of drug-likeness (QED) is 0.547. The van der Waals surface area contributed by atoms with Gasteiger partial charge in [-0.15, -0.1) is 0 Å². The summed E-state index contributed by atoms with van der Waals surface area (Å²) in [4.78, 5) is 12.0. The fourth-order valence-corrected chi connectivity index (χ4v) is 2.35. The van der Waals surface area contributed by atoms with Crippen LogP contribution in [0.5, 0.6) is 11.5 Å². The molecule has 2 aromatic rings. The molecule has 2 N–H and O–H groups in total. The first-order chi connectivity index (χ1) is 11.6.